The van der Waals surface area contributed by atoms with Gasteiger partial charge in [0.05, 0.1) is 11.8 Å². The predicted octanol–water partition coefficient (Wildman–Crippen LogP) is 0.512. The Morgan fingerprint density at radius 3 is 2.95 bits per heavy atom. The lowest BCUT2D eigenvalue weighted by Gasteiger charge is -2.17. The highest BCUT2D eigenvalue weighted by molar-refractivity contribution is 5.95. The number of nitrogen functional groups attached to an aromatic ring is 1. The van der Waals surface area contributed by atoms with Crippen LogP contribution in [0.1, 0.15) is 15.9 Å². The van der Waals surface area contributed by atoms with Gasteiger partial charge in [-0.05, 0) is 6.07 Å². The maximum Gasteiger partial charge on any atom is 0.257 e. The van der Waals surface area contributed by atoms with E-state index in [1.807, 2.05) is 0 Å². The SMILES string of the molecule is CN(Cc1cnn(C)c1)C(=O)c1ccnc(NN)c1F. The minimum absolute atomic E-state index is 0.0839. The van der Waals surface area contributed by atoms with Crippen LogP contribution >= 0.6 is 0 Å². The smallest absolute Gasteiger partial charge is 0.257 e. The van der Waals surface area contributed by atoms with Gasteiger partial charge in [-0.2, -0.15) is 5.10 Å². The van der Waals surface area contributed by atoms with Crippen molar-refractivity contribution >= 4 is 11.7 Å². The molecule has 2 rings (SSSR count). The summed E-state index contributed by atoms with van der Waals surface area (Å²) in [4.78, 5) is 17.3. The summed E-state index contributed by atoms with van der Waals surface area (Å²) in [6.07, 6.45) is 4.77. The van der Waals surface area contributed by atoms with Gasteiger partial charge in [0.15, 0.2) is 11.6 Å². The molecule has 0 unspecified atom stereocenters. The monoisotopic (exact) mass is 278 g/mol. The summed E-state index contributed by atoms with van der Waals surface area (Å²) < 4.78 is 15.6. The molecule has 20 heavy (non-hydrogen) atoms. The topological polar surface area (TPSA) is 89.1 Å². The van der Waals surface area contributed by atoms with Gasteiger partial charge in [0.1, 0.15) is 0 Å². The number of halogens is 1. The number of carbonyl (C=O) groups is 1. The van der Waals surface area contributed by atoms with E-state index in [9.17, 15) is 9.18 Å². The minimum Gasteiger partial charge on any atom is -0.337 e. The molecule has 0 aliphatic rings. The molecule has 0 spiro atoms. The number of rotatable bonds is 4. The Kier molecular flexibility index (Phi) is 3.94. The van der Waals surface area contributed by atoms with E-state index in [1.165, 1.54) is 17.2 Å². The van der Waals surface area contributed by atoms with E-state index in [1.54, 1.807) is 31.2 Å². The number of aryl methyl sites for hydroxylation is 1. The van der Waals surface area contributed by atoms with Crippen LogP contribution in [0.4, 0.5) is 10.2 Å². The Morgan fingerprint density at radius 1 is 1.60 bits per heavy atom. The van der Waals surface area contributed by atoms with E-state index in [0.717, 1.165) is 5.56 Å². The Labute approximate surface area is 115 Å². The van der Waals surface area contributed by atoms with Gasteiger partial charge in [0, 0.05) is 38.6 Å². The quantitative estimate of drug-likeness (QED) is 0.628. The van der Waals surface area contributed by atoms with Gasteiger partial charge in [-0.15, -0.1) is 0 Å². The van der Waals surface area contributed by atoms with Gasteiger partial charge in [-0.3, -0.25) is 9.48 Å². The highest BCUT2D eigenvalue weighted by Crippen LogP contribution is 2.16. The fraction of sp³-hybridized carbons (Fsp3) is 0.250. The fourth-order valence-electron chi connectivity index (χ4n) is 1.81. The van der Waals surface area contributed by atoms with Crippen molar-refractivity contribution in [2.45, 2.75) is 6.54 Å². The number of hydrogen-bond donors (Lipinski definition) is 2. The number of aromatic nitrogens is 3. The molecule has 8 heteroatoms. The van der Waals surface area contributed by atoms with Gasteiger partial charge in [0.2, 0.25) is 0 Å². The van der Waals surface area contributed by atoms with Crippen LogP contribution in [0.25, 0.3) is 0 Å². The molecular formula is C12H15FN6O. The van der Waals surface area contributed by atoms with E-state index >= 15 is 0 Å². The van der Waals surface area contributed by atoms with Crippen molar-refractivity contribution in [2.75, 3.05) is 12.5 Å². The van der Waals surface area contributed by atoms with Gasteiger partial charge >= 0.3 is 0 Å². The maximum atomic E-state index is 14.0. The highest BCUT2D eigenvalue weighted by Gasteiger charge is 2.19. The van der Waals surface area contributed by atoms with Gasteiger partial charge in [-0.1, -0.05) is 0 Å². The first-order chi connectivity index (χ1) is 9.52. The van der Waals surface area contributed by atoms with Crippen LogP contribution < -0.4 is 11.3 Å². The van der Waals surface area contributed by atoms with E-state index in [0.29, 0.717) is 6.54 Å². The molecular weight excluding hydrogens is 263 g/mol. The van der Waals surface area contributed by atoms with Crippen molar-refractivity contribution in [3.63, 3.8) is 0 Å². The van der Waals surface area contributed by atoms with Crippen molar-refractivity contribution in [1.29, 1.82) is 0 Å². The zero-order chi connectivity index (χ0) is 14.7. The summed E-state index contributed by atoms with van der Waals surface area (Å²) in [5.74, 6) is 3.75. The Morgan fingerprint density at radius 2 is 2.35 bits per heavy atom. The van der Waals surface area contributed by atoms with Crippen LogP contribution in [0.5, 0.6) is 0 Å². The molecule has 0 aliphatic heterocycles. The lowest BCUT2D eigenvalue weighted by Crippen LogP contribution is -2.27. The molecule has 7 nitrogen and oxygen atoms in total. The first-order valence-electron chi connectivity index (χ1n) is 5.87. The lowest BCUT2D eigenvalue weighted by molar-refractivity contribution is 0.0780. The molecule has 0 saturated heterocycles. The third kappa shape index (κ3) is 2.75. The van der Waals surface area contributed by atoms with Crippen LogP contribution in [0.3, 0.4) is 0 Å². The summed E-state index contributed by atoms with van der Waals surface area (Å²) in [5.41, 5.74) is 2.88. The summed E-state index contributed by atoms with van der Waals surface area (Å²) in [5, 5.41) is 4.01. The normalized spacial score (nSPS) is 10.4. The van der Waals surface area contributed by atoms with E-state index in [2.05, 4.69) is 15.5 Å². The zero-order valence-corrected chi connectivity index (χ0v) is 11.2. The predicted molar refractivity (Wildman–Crippen MR) is 71.0 cm³/mol. The largest absolute Gasteiger partial charge is 0.337 e. The standard InChI is InChI=1S/C12H15FN6O/c1-18(6-8-5-16-19(2)7-8)12(20)9-3-4-15-11(17-14)10(9)13/h3-5,7H,6,14H2,1-2H3,(H,15,17). The van der Waals surface area contributed by atoms with Crippen molar-refractivity contribution in [1.82, 2.24) is 19.7 Å². The Bertz CT molecular complexity index is 626. The number of hydrazine groups is 1. The van der Waals surface area contributed by atoms with Crippen molar-refractivity contribution < 1.29 is 9.18 Å². The number of nitrogens with one attached hydrogen (secondary N) is 1. The molecule has 0 atom stereocenters. The number of pyridine rings is 1. The Balaban J connectivity index is 2.18. The molecule has 0 radical (unpaired) electrons. The molecule has 0 aliphatic carbocycles. The van der Waals surface area contributed by atoms with Crippen LogP contribution in [0.15, 0.2) is 24.7 Å². The molecule has 2 aromatic heterocycles. The molecule has 2 aromatic rings. The first-order valence-corrected chi connectivity index (χ1v) is 5.87. The van der Waals surface area contributed by atoms with Gasteiger partial charge in [-0.25, -0.2) is 15.2 Å². The van der Waals surface area contributed by atoms with Crippen LogP contribution in [0.2, 0.25) is 0 Å². The van der Waals surface area contributed by atoms with Crippen molar-refractivity contribution in [2.24, 2.45) is 12.9 Å². The number of amides is 1. The minimum atomic E-state index is -0.766. The number of anilines is 1. The average Bonchev–Trinajstić information content (AvgIpc) is 2.83. The zero-order valence-electron chi connectivity index (χ0n) is 11.2. The van der Waals surface area contributed by atoms with E-state index < -0.39 is 11.7 Å². The molecule has 2 heterocycles. The van der Waals surface area contributed by atoms with Crippen LogP contribution in [-0.2, 0) is 13.6 Å². The van der Waals surface area contributed by atoms with Crippen molar-refractivity contribution in [3.8, 4) is 0 Å². The summed E-state index contributed by atoms with van der Waals surface area (Å²) >= 11 is 0. The molecule has 0 saturated carbocycles. The average molecular weight is 278 g/mol. The van der Waals surface area contributed by atoms with Gasteiger partial charge in [0.25, 0.3) is 5.91 Å². The molecule has 106 valence electrons. The summed E-state index contributed by atoms with van der Waals surface area (Å²) in [7, 11) is 3.37. The first kappa shape index (κ1) is 13.9. The number of hydrogen-bond acceptors (Lipinski definition) is 5. The highest BCUT2D eigenvalue weighted by atomic mass is 19.1. The number of nitrogens with two attached hydrogens (primary N) is 1. The molecule has 0 bridgehead atoms. The third-order valence-electron chi connectivity index (χ3n) is 2.78. The fourth-order valence-corrected chi connectivity index (χ4v) is 1.81. The maximum absolute atomic E-state index is 14.0. The summed E-state index contributed by atoms with van der Waals surface area (Å²) in [6.45, 7) is 0.333. The lowest BCUT2D eigenvalue weighted by atomic mass is 10.2. The van der Waals surface area contributed by atoms with Crippen LogP contribution in [-0.4, -0.2) is 32.6 Å². The second-order valence-electron chi connectivity index (χ2n) is 4.35. The summed E-state index contributed by atoms with van der Waals surface area (Å²) in [6, 6.07) is 1.32. The molecule has 0 fully saturated rings. The van der Waals surface area contributed by atoms with Crippen molar-refractivity contribution in [3.05, 3.63) is 41.6 Å². The second kappa shape index (κ2) is 5.66. The number of carbonyl (C=O) groups excluding carboxylic acids is 1. The second-order valence-corrected chi connectivity index (χ2v) is 4.35. The molecule has 1 amide bonds. The van der Waals surface area contributed by atoms with Crippen LogP contribution in [0, 0.1) is 5.82 Å². The van der Waals surface area contributed by atoms with E-state index in [-0.39, 0.29) is 11.4 Å². The molecule has 0 aromatic carbocycles. The Hall–Kier alpha value is -2.48. The van der Waals surface area contributed by atoms with Gasteiger partial charge < -0.3 is 10.3 Å². The third-order valence-corrected chi connectivity index (χ3v) is 2.78. The molecule has 3 N–H and O–H groups in total. The van der Waals surface area contributed by atoms with E-state index in [4.69, 9.17) is 5.84 Å². The number of nitrogens with zero attached hydrogens (tertiary/aromatic N) is 4.